The Labute approximate surface area is 178 Å². The van der Waals surface area contributed by atoms with Crippen molar-refractivity contribution in [2.24, 2.45) is 5.10 Å². The zero-order valence-electron chi connectivity index (χ0n) is 16.3. The Morgan fingerprint density at radius 3 is 2.57 bits per heavy atom. The van der Waals surface area contributed by atoms with Crippen LogP contribution in [0.15, 0.2) is 59.7 Å². The van der Waals surface area contributed by atoms with E-state index in [0.29, 0.717) is 16.9 Å². The lowest BCUT2D eigenvalue weighted by Gasteiger charge is -2.12. The molecule has 0 radical (unpaired) electrons. The molecule has 1 amide bonds. The Bertz CT molecular complexity index is 1110. The number of carbonyl (C=O) groups is 2. The number of hydrazone groups is 1. The fourth-order valence-corrected chi connectivity index (χ4v) is 2.98. The molecular weight excluding hydrogens is 408 g/mol. The monoisotopic (exact) mass is 426 g/mol. The van der Waals surface area contributed by atoms with E-state index in [9.17, 15) is 9.59 Å². The standard InChI is InChI=1S/C22H19ClN2O5/c1-28-19-10-14(9-18(23)21(19)30-13-20(26)29-2)12-24-25-22(27)17-8-7-15-5-3-4-6-16(15)11-17/h3-12H,13H2,1-2H3,(H,25,27)/b24-12-. The molecule has 154 valence electrons. The summed E-state index contributed by atoms with van der Waals surface area (Å²) in [6.07, 6.45) is 1.43. The lowest BCUT2D eigenvalue weighted by atomic mass is 10.1. The number of hydrogen-bond acceptors (Lipinski definition) is 6. The summed E-state index contributed by atoms with van der Waals surface area (Å²) in [5.41, 5.74) is 3.55. The van der Waals surface area contributed by atoms with Crippen molar-refractivity contribution >= 4 is 40.5 Å². The number of amides is 1. The maximum Gasteiger partial charge on any atom is 0.343 e. The maximum absolute atomic E-state index is 12.4. The Hall–Kier alpha value is -3.58. The van der Waals surface area contributed by atoms with Crippen LogP contribution in [0.3, 0.4) is 0 Å². The molecule has 0 atom stereocenters. The number of nitrogens with zero attached hydrogens (tertiary/aromatic N) is 1. The summed E-state index contributed by atoms with van der Waals surface area (Å²) >= 11 is 6.23. The highest BCUT2D eigenvalue weighted by Gasteiger charge is 2.14. The van der Waals surface area contributed by atoms with Crippen molar-refractivity contribution in [1.82, 2.24) is 5.43 Å². The molecule has 1 N–H and O–H groups in total. The lowest BCUT2D eigenvalue weighted by molar-refractivity contribution is -0.142. The van der Waals surface area contributed by atoms with Crippen LogP contribution in [-0.4, -0.2) is 38.9 Å². The molecule has 3 aromatic rings. The van der Waals surface area contributed by atoms with Gasteiger partial charge in [-0.2, -0.15) is 5.10 Å². The SMILES string of the molecule is COC(=O)COc1c(Cl)cc(/C=N\NC(=O)c2ccc3ccccc3c2)cc1OC. The minimum atomic E-state index is -0.546. The van der Waals surface area contributed by atoms with E-state index >= 15 is 0 Å². The van der Waals surface area contributed by atoms with Crippen molar-refractivity contribution in [3.8, 4) is 11.5 Å². The van der Waals surface area contributed by atoms with Gasteiger partial charge in [0.2, 0.25) is 0 Å². The van der Waals surface area contributed by atoms with Gasteiger partial charge in [0, 0.05) is 5.56 Å². The zero-order chi connectivity index (χ0) is 21.5. The van der Waals surface area contributed by atoms with Crippen LogP contribution in [0.1, 0.15) is 15.9 Å². The third-order valence-electron chi connectivity index (χ3n) is 4.21. The number of hydrogen-bond donors (Lipinski definition) is 1. The smallest absolute Gasteiger partial charge is 0.343 e. The predicted octanol–water partition coefficient (Wildman–Crippen LogP) is 3.82. The van der Waals surface area contributed by atoms with Gasteiger partial charge in [-0.3, -0.25) is 4.79 Å². The number of nitrogens with one attached hydrogen (secondary N) is 1. The van der Waals surface area contributed by atoms with Crippen molar-refractivity contribution in [3.05, 3.63) is 70.7 Å². The summed E-state index contributed by atoms with van der Waals surface area (Å²) in [5.74, 6) is -0.362. The fourth-order valence-electron chi connectivity index (χ4n) is 2.70. The molecule has 0 aliphatic heterocycles. The van der Waals surface area contributed by atoms with Crippen LogP contribution >= 0.6 is 11.6 Å². The largest absolute Gasteiger partial charge is 0.493 e. The average Bonchev–Trinajstić information content (AvgIpc) is 2.77. The second kappa shape index (κ2) is 9.76. The zero-order valence-corrected chi connectivity index (χ0v) is 17.1. The van der Waals surface area contributed by atoms with Crippen molar-refractivity contribution in [2.75, 3.05) is 20.8 Å². The summed E-state index contributed by atoms with van der Waals surface area (Å²) in [6, 6.07) is 16.4. The van der Waals surface area contributed by atoms with Crippen molar-refractivity contribution in [2.45, 2.75) is 0 Å². The second-order valence-electron chi connectivity index (χ2n) is 6.16. The third kappa shape index (κ3) is 5.07. The Morgan fingerprint density at radius 2 is 1.83 bits per heavy atom. The van der Waals surface area contributed by atoms with Gasteiger partial charge in [0.1, 0.15) is 0 Å². The van der Waals surface area contributed by atoms with E-state index < -0.39 is 5.97 Å². The summed E-state index contributed by atoms with van der Waals surface area (Å²) in [7, 11) is 2.70. The third-order valence-corrected chi connectivity index (χ3v) is 4.49. The summed E-state index contributed by atoms with van der Waals surface area (Å²) in [6.45, 7) is -0.304. The number of methoxy groups -OCH3 is 2. The molecule has 0 unspecified atom stereocenters. The normalized spacial score (nSPS) is 10.8. The molecule has 3 aromatic carbocycles. The van der Waals surface area contributed by atoms with Crippen LogP contribution < -0.4 is 14.9 Å². The molecule has 0 aromatic heterocycles. The van der Waals surface area contributed by atoms with Gasteiger partial charge in [0.05, 0.1) is 25.5 Å². The number of benzene rings is 3. The van der Waals surface area contributed by atoms with Gasteiger partial charge in [-0.05, 0) is 40.6 Å². The summed E-state index contributed by atoms with van der Waals surface area (Å²) in [5, 5.41) is 6.22. The number of carbonyl (C=O) groups excluding carboxylic acids is 2. The first-order chi connectivity index (χ1) is 14.5. The first kappa shape index (κ1) is 21.1. The summed E-state index contributed by atoms with van der Waals surface area (Å²) in [4.78, 5) is 23.6. The molecule has 30 heavy (non-hydrogen) atoms. The predicted molar refractivity (Wildman–Crippen MR) is 115 cm³/mol. The van der Waals surface area contributed by atoms with Crippen LogP contribution in [0.2, 0.25) is 5.02 Å². The van der Waals surface area contributed by atoms with Gasteiger partial charge in [0.15, 0.2) is 18.1 Å². The number of fused-ring (bicyclic) bond motifs is 1. The van der Waals surface area contributed by atoms with Gasteiger partial charge in [-0.25, -0.2) is 10.2 Å². The molecule has 3 rings (SSSR count). The molecule has 0 spiro atoms. The molecule has 8 heteroatoms. The van der Waals surface area contributed by atoms with E-state index in [2.05, 4.69) is 15.3 Å². The van der Waals surface area contributed by atoms with Gasteiger partial charge < -0.3 is 14.2 Å². The molecule has 0 fully saturated rings. The van der Waals surface area contributed by atoms with E-state index in [0.717, 1.165) is 10.8 Å². The quantitative estimate of drug-likeness (QED) is 0.352. The minimum absolute atomic E-state index is 0.210. The molecule has 0 saturated heterocycles. The van der Waals surface area contributed by atoms with E-state index in [1.807, 2.05) is 30.3 Å². The second-order valence-corrected chi connectivity index (χ2v) is 6.57. The molecule has 0 heterocycles. The molecule has 0 aliphatic carbocycles. The van der Waals surface area contributed by atoms with Crippen LogP contribution in [0, 0.1) is 0 Å². The Morgan fingerprint density at radius 1 is 1.07 bits per heavy atom. The lowest BCUT2D eigenvalue weighted by Crippen LogP contribution is -2.17. The Kier molecular flexibility index (Phi) is 6.87. The molecule has 0 bridgehead atoms. The first-order valence-electron chi connectivity index (χ1n) is 8.91. The molecular formula is C22H19ClN2O5. The highest BCUT2D eigenvalue weighted by atomic mass is 35.5. The number of halogens is 1. The van der Waals surface area contributed by atoms with Gasteiger partial charge in [-0.15, -0.1) is 0 Å². The van der Waals surface area contributed by atoms with Gasteiger partial charge in [-0.1, -0.05) is 41.9 Å². The fraction of sp³-hybridized carbons (Fsp3) is 0.136. The van der Waals surface area contributed by atoms with E-state index in [1.54, 1.807) is 24.3 Å². The van der Waals surface area contributed by atoms with Crippen LogP contribution in [0.4, 0.5) is 0 Å². The molecule has 0 saturated carbocycles. The summed E-state index contributed by atoms with van der Waals surface area (Å²) < 4.78 is 15.2. The minimum Gasteiger partial charge on any atom is -0.493 e. The van der Waals surface area contributed by atoms with E-state index in [4.69, 9.17) is 21.1 Å². The van der Waals surface area contributed by atoms with Crippen molar-refractivity contribution in [1.29, 1.82) is 0 Å². The first-order valence-corrected chi connectivity index (χ1v) is 9.29. The maximum atomic E-state index is 12.4. The van der Waals surface area contributed by atoms with Crippen LogP contribution in [0.5, 0.6) is 11.5 Å². The topological polar surface area (TPSA) is 86.2 Å². The average molecular weight is 427 g/mol. The number of ether oxygens (including phenoxy) is 3. The van der Waals surface area contributed by atoms with E-state index in [1.165, 1.54) is 20.4 Å². The number of esters is 1. The van der Waals surface area contributed by atoms with Crippen molar-refractivity contribution in [3.63, 3.8) is 0 Å². The van der Waals surface area contributed by atoms with Gasteiger partial charge >= 0.3 is 5.97 Å². The van der Waals surface area contributed by atoms with Crippen LogP contribution in [-0.2, 0) is 9.53 Å². The highest BCUT2D eigenvalue weighted by molar-refractivity contribution is 6.32. The number of rotatable bonds is 7. The van der Waals surface area contributed by atoms with E-state index in [-0.39, 0.29) is 23.3 Å². The Balaban J connectivity index is 1.71. The van der Waals surface area contributed by atoms with Crippen LogP contribution in [0.25, 0.3) is 10.8 Å². The molecule has 0 aliphatic rings. The highest BCUT2D eigenvalue weighted by Crippen LogP contribution is 2.36. The van der Waals surface area contributed by atoms with Gasteiger partial charge in [0.25, 0.3) is 5.91 Å². The van der Waals surface area contributed by atoms with Crippen molar-refractivity contribution < 1.29 is 23.8 Å². The molecule has 7 nitrogen and oxygen atoms in total.